The number of hydrogen-bond donors (Lipinski definition) is 2. The van der Waals surface area contributed by atoms with Crippen LogP contribution in [0.3, 0.4) is 0 Å². The molecule has 3 aromatic rings. The average molecular weight is 491 g/mol. The number of rotatable bonds is 4. The van der Waals surface area contributed by atoms with Gasteiger partial charge in [-0.1, -0.05) is 44.0 Å². The molecule has 3 N–H and O–H groups in total. The van der Waals surface area contributed by atoms with Crippen molar-refractivity contribution in [2.24, 2.45) is 17.1 Å². The zero-order chi connectivity index (χ0) is 23.2. The number of nitrogens with one attached hydrogen (secondary N) is 1. The van der Waals surface area contributed by atoms with Crippen molar-refractivity contribution < 1.29 is 14.0 Å². The van der Waals surface area contributed by atoms with E-state index in [0.29, 0.717) is 37.9 Å². The van der Waals surface area contributed by atoms with E-state index in [9.17, 15) is 9.59 Å². The minimum Gasteiger partial charge on any atom is -0.451 e. The van der Waals surface area contributed by atoms with Gasteiger partial charge >= 0.3 is 0 Å². The standard InChI is InChI=1S/C24H24Cl2N2O3S/c1-24(2,3)13-5-6-14-19(11-13)32-23(20(14)21(27)29)28-22(30)18-9-8-17(31-18)12-4-7-15(25)16(26)10-12/h4,7-10,13H,5-6,11H2,1-3H3,(H2,27,29)(H,28,30)/t13-/m0/s1. The van der Waals surface area contributed by atoms with Gasteiger partial charge < -0.3 is 15.5 Å². The van der Waals surface area contributed by atoms with Gasteiger partial charge in [0.1, 0.15) is 10.8 Å². The molecule has 1 aliphatic rings. The largest absolute Gasteiger partial charge is 0.451 e. The van der Waals surface area contributed by atoms with E-state index < -0.39 is 11.8 Å². The highest BCUT2D eigenvalue weighted by molar-refractivity contribution is 7.17. The number of fused-ring (bicyclic) bond motifs is 1. The van der Waals surface area contributed by atoms with Crippen LogP contribution in [0.15, 0.2) is 34.7 Å². The molecular formula is C24H24Cl2N2O3S. The molecule has 0 saturated heterocycles. The lowest BCUT2D eigenvalue weighted by Crippen LogP contribution is -2.27. The Kier molecular flexibility index (Phi) is 6.14. The van der Waals surface area contributed by atoms with Crippen LogP contribution in [-0.4, -0.2) is 11.8 Å². The number of thiophene rings is 1. The summed E-state index contributed by atoms with van der Waals surface area (Å²) in [5.41, 5.74) is 7.96. The summed E-state index contributed by atoms with van der Waals surface area (Å²) in [7, 11) is 0. The van der Waals surface area contributed by atoms with Gasteiger partial charge in [-0.3, -0.25) is 9.59 Å². The summed E-state index contributed by atoms with van der Waals surface area (Å²) in [4.78, 5) is 26.2. The molecule has 2 heterocycles. The minimum atomic E-state index is -0.525. The zero-order valence-corrected chi connectivity index (χ0v) is 20.4. The summed E-state index contributed by atoms with van der Waals surface area (Å²) in [6, 6.07) is 8.38. The fraction of sp³-hybridized carbons (Fsp3) is 0.333. The molecule has 0 bridgehead atoms. The van der Waals surface area contributed by atoms with Gasteiger partial charge in [0, 0.05) is 10.4 Å². The van der Waals surface area contributed by atoms with Crippen LogP contribution < -0.4 is 11.1 Å². The van der Waals surface area contributed by atoms with Gasteiger partial charge in [-0.15, -0.1) is 11.3 Å². The van der Waals surface area contributed by atoms with Gasteiger partial charge in [0.15, 0.2) is 5.76 Å². The van der Waals surface area contributed by atoms with Crippen LogP contribution in [0.2, 0.25) is 10.0 Å². The van der Waals surface area contributed by atoms with Crippen molar-refractivity contribution in [3.63, 3.8) is 0 Å². The van der Waals surface area contributed by atoms with Crippen LogP contribution >= 0.6 is 34.5 Å². The lowest BCUT2D eigenvalue weighted by Gasteiger charge is -2.33. The van der Waals surface area contributed by atoms with Gasteiger partial charge in [-0.05, 0) is 66.5 Å². The van der Waals surface area contributed by atoms with Crippen molar-refractivity contribution in [3.8, 4) is 11.3 Å². The van der Waals surface area contributed by atoms with E-state index in [2.05, 4.69) is 26.1 Å². The SMILES string of the molecule is CC(C)(C)[C@H]1CCc2c(sc(NC(=O)c3ccc(-c4ccc(Cl)c(Cl)c4)o3)c2C(N)=O)C1. The van der Waals surface area contributed by atoms with Gasteiger partial charge in [-0.25, -0.2) is 0 Å². The predicted octanol–water partition coefficient (Wildman–Crippen LogP) is 6.82. The molecule has 2 aromatic heterocycles. The third-order valence-corrected chi connectivity index (χ3v) is 7.91. The fourth-order valence-electron chi connectivity index (χ4n) is 4.10. The van der Waals surface area contributed by atoms with Gasteiger partial charge in [0.25, 0.3) is 11.8 Å². The zero-order valence-electron chi connectivity index (χ0n) is 18.1. The van der Waals surface area contributed by atoms with Crippen LogP contribution in [0.1, 0.15) is 58.5 Å². The molecule has 168 valence electrons. The molecule has 0 fully saturated rings. The molecule has 0 aliphatic heterocycles. The van der Waals surface area contributed by atoms with Crippen LogP contribution in [0, 0.1) is 11.3 Å². The number of carbonyl (C=O) groups is 2. The molecule has 0 spiro atoms. The smallest absolute Gasteiger partial charge is 0.292 e. The van der Waals surface area contributed by atoms with E-state index in [-0.39, 0.29) is 11.2 Å². The van der Waals surface area contributed by atoms with Crippen molar-refractivity contribution >= 4 is 51.4 Å². The molecule has 8 heteroatoms. The topological polar surface area (TPSA) is 85.3 Å². The second kappa shape index (κ2) is 8.58. The number of benzene rings is 1. The summed E-state index contributed by atoms with van der Waals surface area (Å²) in [5.74, 6) is 0.159. The molecule has 4 rings (SSSR count). The maximum Gasteiger partial charge on any atom is 0.292 e. The van der Waals surface area contributed by atoms with Crippen LogP contribution in [0.5, 0.6) is 0 Å². The lowest BCUT2D eigenvalue weighted by molar-refractivity contribution is 0.0997. The molecule has 0 radical (unpaired) electrons. The normalized spacial score (nSPS) is 16.0. The first kappa shape index (κ1) is 22.9. The number of furan rings is 1. The van der Waals surface area contributed by atoms with Crippen LogP contribution in [0.25, 0.3) is 11.3 Å². The average Bonchev–Trinajstić information content (AvgIpc) is 3.33. The highest BCUT2D eigenvalue weighted by Crippen LogP contribution is 2.44. The van der Waals surface area contributed by atoms with E-state index in [1.807, 2.05) is 0 Å². The van der Waals surface area contributed by atoms with E-state index in [4.69, 9.17) is 33.4 Å². The number of amides is 2. The number of primary amides is 1. The summed E-state index contributed by atoms with van der Waals surface area (Å²) < 4.78 is 5.74. The summed E-state index contributed by atoms with van der Waals surface area (Å²) >= 11 is 13.5. The van der Waals surface area contributed by atoms with E-state index in [0.717, 1.165) is 29.7 Å². The van der Waals surface area contributed by atoms with E-state index in [1.165, 1.54) is 11.3 Å². The van der Waals surface area contributed by atoms with Crippen molar-refractivity contribution in [2.75, 3.05) is 5.32 Å². The summed E-state index contributed by atoms with van der Waals surface area (Å²) in [6.45, 7) is 6.70. The molecule has 32 heavy (non-hydrogen) atoms. The van der Waals surface area contributed by atoms with Crippen molar-refractivity contribution in [1.29, 1.82) is 0 Å². The molecular weight excluding hydrogens is 467 g/mol. The Morgan fingerprint density at radius 2 is 1.91 bits per heavy atom. The molecule has 1 aliphatic carbocycles. The second-order valence-electron chi connectivity index (χ2n) is 9.12. The molecule has 2 amide bonds. The monoisotopic (exact) mass is 490 g/mol. The van der Waals surface area contributed by atoms with E-state index >= 15 is 0 Å². The maximum atomic E-state index is 12.9. The molecule has 0 unspecified atom stereocenters. The number of halogens is 2. The van der Waals surface area contributed by atoms with Crippen molar-refractivity contribution in [2.45, 2.75) is 40.0 Å². The van der Waals surface area contributed by atoms with Crippen LogP contribution in [0.4, 0.5) is 5.00 Å². The Hall–Kier alpha value is -2.28. The molecule has 1 aromatic carbocycles. The Morgan fingerprint density at radius 1 is 1.16 bits per heavy atom. The van der Waals surface area contributed by atoms with Crippen LogP contribution in [-0.2, 0) is 12.8 Å². The first-order valence-corrected chi connectivity index (χ1v) is 11.9. The number of hydrogen-bond acceptors (Lipinski definition) is 4. The highest BCUT2D eigenvalue weighted by atomic mass is 35.5. The van der Waals surface area contributed by atoms with Gasteiger partial charge in [-0.2, -0.15) is 0 Å². The minimum absolute atomic E-state index is 0.125. The lowest BCUT2D eigenvalue weighted by atomic mass is 9.72. The number of carbonyl (C=O) groups excluding carboxylic acids is 2. The number of nitrogens with two attached hydrogens (primary N) is 1. The second-order valence-corrected chi connectivity index (χ2v) is 11.0. The molecule has 5 nitrogen and oxygen atoms in total. The highest BCUT2D eigenvalue weighted by Gasteiger charge is 2.33. The van der Waals surface area contributed by atoms with Gasteiger partial charge in [0.2, 0.25) is 0 Å². The Morgan fingerprint density at radius 3 is 2.56 bits per heavy atom. The summed E-state index contributed by atoms with van der Waals surface area (Å²) in [6.07, 6.45) is 2.65. The Bertz CT molecular complexity index is 1210. The van der Waals surface area contributed by atoms with Crippen molar-refractivity contribution in [1.82, 2.24) is 0 Å². The third kappa shape index (κ3) is 4.45. The predicted molar refractivity (Wildman–Crippen MR) is 130 cm³/mol. The summed E-state index contributed by atoms with van der Waals surface area (Å²) in [5, 5.41) is 4.16. The van der Waals surface area contributed by atoms with E-state index in [1.54, 1.807) is 30.3 Å². The Labute approximate surface area is 200 Å². The van der Waals surface area contributed by atoms with Gasteiger partial charge in [0.05, 0.1) is 15.6 Å². The van der Waals surface area contributed by atoms with Crippen molar-refractivity contribution in [3.05, 3.63) is 62.1 Å². The quantitative estimate of drug-likeness (QED) is 0.420. The third-order valence-electron chi connectivity index (χ3n) is 6.00. The first-order chi connectivity index (χ1) is 15.0. The maximum absolute atomic E-state index is 12.9. The molecule has 0 saturated carbocycles. The first-order valence-electron chi connectivity index (χ1n) is 10.4. The fourth-order valence-corrected chi connectivity index (χ4v) is 5.73. The Balaban J connectivity index is 1.59. The molecule has 1 atom stereocenters. The number of anilines is 1.